The van der Waals surface area contributed by atoms with E-state index < -0.39 is 29.8 Å². The molecule has 0 aliphatic rings. The third-order valence-electron chi connectivity index (χ3n) is 2.23. The van der Waals surface area contributed by atoms with Crippen LogP contribution in [0.1, 0.15) is 17.3 Å². The summed E-state index contributed by atoms with van der Waals surface area (Å²) in [5, 5.41) is 20.3. The summed E-state index contributed by atoms with van der Waals surface area (Å²) in [5.41, 5.74) is -2.44. The van der Waals surface area contributed by atoms with E-state index in [0.717, 1.165) is 19.1 Å². The standard InChI is InChI=1S/C11H11ClFNO4/c1-11(18,10(16)17)5-14-9(15)7-4-6(12)2-3-8(7)13/h2-4,18H,5H2,1H3,(H,14,15)(H,16,17). The van der Waals surface area contributed by atoms with Crippen molar-refractivity contribution in [2.75, 3.05) is 6.54 Å². The number of nitrogens with one attached hydrogen (secondary N) is 1. The van der Waals surface area contributed by atoms with Gasteiger partial charge < -0.3 is 15.5 Å². The SMILES string of the molecule is CC(O)(CNC(=O)c1cc(Cl)ccc1F)C(=O)O. The first kappa shape index (κ1) is 14.4. The zero-order chi connectivity index (χ0) is 13.9. The molecule has 0 aromatic heterocycles. The zero-order valence-electron chi connectivity index (χ0n) is 9.41. The van der Waals surface area contributed by atoms with Crippen molar-refractivity contribution in [3.8, 4) is 0 Å². The van der Waals surface area contributed by atoms with Gasteiger partial charge in [-0.3, -0.25) is 4.79 Å². The fraction of sp³-hybridized carbons (Fsp3) is 0.273. The molecule has 1 rings (SSSR count). The quantitative estimate of drug-likeness (QED) is 0.766. The molecule has 5 nitrogen and oxygen atoms in total. The van der Waals surface area contributed by atoms with Crippen LogP contribution >= 0.6 is 11.6 Å². The van der Waals surface area contributed by atoms with Crippen LogP contribution in [0.25, 0.3) is 0 Å². The van der Waals surface area contributed by atoms with Crippen LogP contribution in [0.15, 0.2) is 18.2 Å². The molecule has 98 valence electrons. The average Bonchev–Trinajstić information content (AvgIpc) is 2.29. The Morgan fingerprint density at radius 1 is 1.50 bits per heavy atom. The highest BCUT2D eigenvalue weighted by Gasteiger charge is 2.30. The van der Waals surface area contributed by atoms with Gasteiger partial charge in [0, 0.05) is 5.02 Å². The highest BCUT2D eigenvalue weighted by molar-refractivity contribution is 6.31. The lowest BCUT2D eigenvalue weighted by Crippen LogP contribution is -2.46. The number of carboxylic acids is 1. The second-order valence-corrected chi connectivity index (χ2v) is 4.32. The van der Waals surface area contributed by atoms with Gasteiger partial charge in [-0.2, -0.15) is 0 Å². The van der Waals surface area contributed by atoms with Crippen LogP contribution in [0.3, 0.4) is 0 Å². The molecule has 0 saturated carbocycles. The number of halogens is 2. The molecule has 1 aromatic carbocycles. The maximum absolute atomic E-state index is 13.3. The number of carboxylic acid groups (broad SMARTS) is 1. The summed E-state index contributed by atoms with van der Waals surface area (Å²) < 4.78 is 13.3. The first-order valence-electron chi connectivity index (χ1n) is 4.93. The number of carbonyl (C=O) groups is 2. The first-order valence-corrected chi connectivity index (χ1v) is 5.31. The summed E-state index contributed by atoms with van der Waals surface area (Å²) in [6.07, 6.45) is 0. The normalized spacial score (nSPS) is 13.8. The van der Waals surface area contributed by atoms with Gasteiger partial charge in [-0.25, -0.2) is 9.18 Å². The lowest BCUT2D eigenvalue weighted by atomic mass is 10.1. The largest absolute Gasteiger partial charge is 0.479 e. The maximum atomic E-state index is 13.3. The fourth-order valence-corrected chi connectivity index (χ4v) is 1.27. The van der Waals surface area contributed by atoms with E-state index in [1.807, 2.05) is 0 Å². The van der Waals surface area contributed by atoms with Crippen molar-refractivity contribution >= 4 is 23.5 Å². The highest BCUT2D eigenvalue weighted by atomic mass is 35.5. The predicted octanol–water partition coefficient (Wildman–Crippen LogP) is 1.04. The molecule has 0 aliphatic heterocycles. The molecule has 3 N–H and O–H groups in total. The molecule has 1 amide bonds. The fourth-order valence-electron chi connectivity index (χ4n) is 1.09. The number of hydrogen-bond donors (Lipinski definition) is 3. The average molecular weight is 276 g/mol. The Bertz CT molecular complexity index is 490. The molecule has 0 saturated heterocycles. The van der Waals surface area contributed by atoms with E-state index in [2.05, 4.69) is 5.32 Å². The van der Waals surface area contributed by atoms with E-state index in [1.54, 1.807) is 0 Å². The van der Waals surface area contributed by atoms with Gasteiger partial charge in [0.25, 0.3) is 5.91 Å². The summed E-state index contributed by atoms with van der Waals surface area (Å²) in [7, 11) is 0. The monoisotopic (exact) mass is 275 g/mol. The van der Waals surface area contributed by atoms with Crippen molar-refractivity contribution in [3.05, 3.63) is 34.6 Å². The van der Waals surface area contributed by atoms with Crippen molar-refractivity contribution in [1.29, 1.82) is 0 Å². The van der Waals surface area contributed by atoms with E-state index in [1.165, 1.54) is 6.07 Å². The van der Waals surface area contributed by atoms with Crippen LogP contribution in [0, 0.1) is 5.82 Å². The molecular weight excluding hydrogens is 265 g/mol. The van der Waals surface area contributed by atoms with E-state index in [4.69, 9.17) is 16.7 Å². The number of benzene rings is 1. The summed E-state index contributed by atoms with van der Waals surface area (Å²) in [6, 6.07) is 3.41. The van der Waals surface area contributed by atoms with Gasteiger partial charge in [0.1, 0.15) is 5.82 Å². The van der Waals surface area contributed by atoms with Gasteiger partial charge >= 0.3 is 5.97 Å². The number of aliphatic carboxylic acids is 1. The van der Waals surface area contributed by atoms with Gasteiger partial charge in [-0.1, -0.05) is 11.6 Å². The van der Waals surface area contributed by atoms with Crippen molar-refractivity contribution in [2.24, 2.45) is 0 Å². The molecule has 1 aromatic rings. The van der Waals surface area contributed by atoms with Gasteiger partial charge in [0.15, 0.2) is 5.60 Å². The topological polar surface area (TPSA) is 86.6 Å². The third kappa shape index (κ3) is 3.41. The molecule has 0 aliphatic carbocycles. The predicted molar refractivity (Wildman–Crippen MR) is 62.0 cm³/mol. The second kappa shape index (κ2) is 5.32. The first-order chi connectivity index (χ1) is 8.24. The third-order valence-corrected chi connectivity index (χ3v) is 2.46. The summed E-state index contributed by atoms with van der Waals surface area (Å²) in [6.45, 7) is 0.469. The lowest BCUT2D eigenvalue weighted by Gasteiger charge is -2.18. The Balaban J connectivity index is 2.78. The summed E-state index contributed by atoms with van der Waals surface area (Å²) in [5.74, 6) is -3.13. The second-order valence-electron chi connectivity index (χ2n) is 3.89. The minimum Gasteiger partial charge on any atom is -0.479 e. The smallest absolute Gasteiger partial charge is 0.337 e. The Kier molecular flexibility index (Phi) is 4.26. The van der Waals surface area contributed by atoms with E-state index in [-0.39, 0.29) is 10.6 Å². The highest BCUT2D eigenvalue weighted by Crippen LogP contribution is 2.15. The molecule has 0 spiro atoms. The molecule has 1 unspecified atom stereocenters. The zero-order valence-corrected chi connectivity index (χ0v) is 10.2. The minimum atomic E-state index is -2.12. The van der Waals surface area contributed by atoms with Crippen molar-refractivity contribution in [1.82, 2.24) is 5.32 Å². The number of hydrogen-bond acceptors (Lipinski definition) is 3. The lowest BCUT2D eigenvalue weighted by molar-refractivity contribution is -0.155. The Labute approximate surface area is 107 Å². The van der Waals surface area contributed by atoms with Crippen molar-refractivity contribution < 1.29 is 24.2 Å². The van der Waals surface area contributed by atoms with Crippen LogP contribution in [-0.2, 0) is 4.79 Å². The molecule has 18 heavy (non-hydrogen) atoms. The summed E-state index contributed by atoms with van der Waals surface area (Å²) >= 11 is 5.61. The van der Waals surface area contributed by atoms with Gasteiger partial charge in [-0.05, 0) is 25.1 Å². The number of aliphatic hydroxyl groups is 1. The van der Waals surface area contributed by atoms with Crippen molar-refractivity contribution in [3.63, 3.8) is 0 Å². The number of amides is 1. The van der Waals surface area contributed by atoms with Crippen LogP contribution in [0.5, 0.6) is 0 Å². The number of rotatable bonds is 4. The van der Waals surface area contributed by atoms with E-state index >= 15 is 0 Å². The minimum absolute atomic E-state index is 0.173. The number of carbonyl (C=O) groups excluding carboxylic acids is 1. The molecule has 1 atom stereocenters. The Morgan fingerprint density at radius 3 is 2.67 bits per heavy atom. The Morgan fingerprint density at radius 2 is 2.11 bits per heavy atom. The van der Waals surface area contributed by atoms with Gasteiger partial charge in [0.2, 0.25) is 0 Å². The molecule has 7 heteroatoms. The van der Waals surface area contributed by atoms with Crippen molar-refractivity contribution in [2.45, 2.75) is 12.5 Å². The van der Waals surface area contributed by atoms with Crippen LogP contribution < -0.4 is 5.32 Å². The van der Waals surface area contributed by atoms with E-state index in [9.17, 15) is 19.1 Å². The molecular formula is C11H11ClFNO4. The molecule has 0 heterocycles. The molecule has 0 bridgehead atoms. The Hall–Kier alpha value is -1.66. The van der Waals surface area contributed by atoms with Gasteiger partial charge in [0.05, 0.1) is 12.1 Å². The van der Waals surface area contributed by atoms with E-state index in [0.29, 0.717) is 0 Å². The molecule has 0 radical (unpaired) electrons. The molecule has 0 fully saturated rings. The van der Waals surface area contributed by atoms with Crippen LogP contribution in [0.4, 0.5) is 4.39 Å². The van der Waals surface area contributed by atoms with Crippen LogP contribution in [0.2, 0.25) is 5.02 Å². The van der Waals surface area contributed by atoms with Gasteiger partial charge in [-0.15, -0.1) is 0 Å². The maximum Gasteiger partial charge on any atom is 0.337 e. The van der Waals surface area contributed by atoms with Crippen LogP contribution in [-0.4, -0.2) is 34.2 Å². The summed E-state index contributed by atoms with van der Waals surface area (Å²) in [4.78, 5) is 22.2.